The molecule has 0 bridgehead atoms. The third kappa shape index (κ3) is 5.74. The summed E-state index contributed by atoms with van der Waals surface area (Å²) in [6.45, 7) is 1.95. The normalized spacial score (nSPS) is 14.0. The van der Waals surface area contributed by atoms with Gasteiger partial charge in [-0.1, -0.05) is 36.0 Å². The fourth-order valence-electron chi connectivity index (χ4n) is 3.08. The van der Waals surface area contributed by atoms with Crippen molar-refractivity contribution in [3.63, 3.8) is 0 Å². The van der Waals surface area contributed by atoms with Gasteiger partial charge in [-0.3, -0.25) is 9.59 Å². The minimum Gasteiger partial charge on any atom is -0.345 e. The first-order valence-corrected chi connectivity index (χ1v) is 11.7. The highest BCUT2D eigenvalue weighted by atomic mass is 79.9. The Morgan fingerprint density at radius 1 is 1.06 bits per heavy atom. The third-order valence-electron chi connectivity index (χ3n) is 5.02. The van der Waals surface area contributed by atoms with E-state index in [0.29, 0.717) is 5.56 Å². The molecule has 2 amide bonds. The molecular weight excluding hydrogens is 474 g/mol. The van der Waals surface area contributed by atoms with Crippen LogP contribution in [0.15, 0.2) is 81.3 Å². The fourth-order valence-corrected chi connectivity index (χ4v) is 4.20. The first-order valence-electron chi connectivity index (χ1n) is 10.1. The van der Waals surface area contributed by atoms with Crippen molar-refractivity contribution in [1.29, 1.82) is 0 Å². The van der Waals surface area contributed by atoms with Crippen LogP contribution in [0.2, 0.25) is 0 Å². The Labute approximate surface area is 194 Å². The molecule has 7 heteroatoms. The highest BCUT2D eigenvalue weighted by molar-refractivity contribution is 9.10. The molecule has 1 atom stereocenters. The van der Waals surface area contributed by atoms with Gasteiger partial charge in [0.05, 0.1) is 11.6 Å². The van der Waals surface area contributed by atoms with Gasteiger partial charge < -0.3 is 10.6 Å². The van der Waals surface area contributed by atoms with Gasteiger partial charge in [-0.25, -0.2) is 4.98 Å². The minimum absolute atomic E-state index is 0.0865. The molecule has 158 valence electrons. The number of halogens is 1. The molecular formula is C24H22BrN3O2S. The number of carbonyl (C=O) groups is 2. The molecule has 1 saturated carbocycles. The summed E-state index contributed by atoms with van der Waals surface area (Å²) in [7, 11) is 0. The molecule has 0 saturated heterocycles. The summed E-state index contributed by atoms with van der Waals surface area (Å²) in [5, 5.41) is 6.82. The number of hydrogen-bond acceptors (Lipinski definition) is 4. The van der Waals surface area contributed by atoms with E-state index in [2.05, 4.69) is 31.5 Å². The fraction of sp³-hybridized carbons (Fsp3) is 0.208. The van der Waals surface area contributed by atoms with Crippen molar-refractivity contribution in [2.24, 2.45) is 5.92 Å². The molecule has 2 N–H and O–H groups in total. The zero-order valence-corrected chi connectivity index (χ0v) is 19.4. The average Bonchev–Trinajstić information content (AvgIpc) is 3.62. The van der Waals surface area contributed by atoms with Crippen molar-refractivity contribution < 1.29 is 9.59 Å². The molecule has 3 aromatic rings. The summed E-state index contributed by atoms with van der Waals surface area (Å²) in [5.41, 5.74) is 2.36. The lowest BCUT2D eigenvalue weighted by molar-refractivity contribution is -0.117. The van der Waals surface area contributed by atoms with Gasteiger partial charge in [-0.15, -0.1) is 0 Å². The number of hydrogen-bond donors (Lipinski definition) is 2. The second-order valence-corrected chi connectivity index (χ2v) is 9.47. The lowest BCUT2D eigenvalue weighted by Gasteiger charge is -2.16. The third-order valence-corrected chi connectivity index (χ3v) is 6.52. The van der Waals surface area contributed by atoms with Crippen LogP contribution in [0.1, 0.15) is 41.7 Å². The van der Waals surface area contributed by atoms with Gasteiger partial charge in [0, 0.05) is 27.2 Å². The van der Waals surface area contributed by atoms with Crippen LogP contribution in [0.25, 0.3) is 0 Å². The Hall–Kier alpha value is -2.64. The maximum absolute atomic E-state index is 13.0. The van der Waals surface area contributed by atoms with Crippen molar-refractivity contribution >= 4 is 45.2 Å². The molecule has 5 nitrogen and oxygen atoms in total. The van der Waals surface area contributed by atoms with E-state index in [1.807, 2.05) is 67.6 Å². The predicted molar refractivity (Wildman–Crippen MR) is 126 cm³/mol. The molecule has 1 aromatic heterocycles. The number of aromatic nitrogens is 1. The topological polar surface area (TPSA) is 71.1 Å². The highest BCUT2D eigenvalue weighted by Crippen LogP contribution is 2.31. The zero-order chi connectivity index (χ0) is 21.8. The monoisotopic (exact) mass is 495 g/mol. The average molecular weight is 496 g/mol. The van der Waals surface area contributed by atoms with Crippen LogP contribution in [0, 0.1) is 5.92 Å². The van der Waals surface area contributed by atoms with Gasteiger partial charge in [0.15, 0.2) is 0 Å². The van der Waals surface area contributed by atoms with Crippen LogP contribution < -0.4 is 10.6 Å². The number of benzene rings is 2. The quantitative estimate of drug-likeness (QED) is 0.432. The van der Waals surface area contributed by atoms with Crippen molar-refractivity contribution in [2.75, 3.05) is 5.32 Å². The number of nitrogens with zero attached hydrogens (tertiary/aromatic N) is 1. The second kappa shape index (κ2) is 9.66. The number of nitrogens with one attached hydrogen (secondary N) is 2. The number of pyridine rings is 1. The lowest BCUT2D eigenvalue weighted by atomic mass is 10.1. The molecule has 1 aliphatic carbocycles. The summed E-state index contributed by atoms with van der Waals surface area (Å²) in [6.07, 6.45) is 3.69. The first-order chi connectivity index (χ1) is 15.0. The standard InChI is InChI=1S/C24H22BrN3O2S/c1-15(16-8-11-19(12-9-16)28-23(29)17-6-7-17)27-24(30)20-4-2-3-5-21(20)31-22-13-10-18(25)14-26-22/h2-5,8-15,17H,6-7H2,1H3,(H,27,30)(H,28,29)/t15-/m0/s1. The Bertz CT molecular complexity index is 1080. The largest absolute Gasteiger partial charge is 0.345 e. The first kappa shape index (κ1) is 21.6. The van der Waals surface area contributed by atoms with Crippen molar-refractivity contribution in [3.05, 3.63) is 82.5 Å². The van der Waals surface area contributed by atoms with E-state index in [9.17, 15) is 9.59 Å². The SMILES string of the molecule is C[C@H](NC(=O)c1ccccc1Sc1ccc(Br)cn1)c1ccc(NC(=O)C2CC2)cc1. The van der Waals surface area contributed by atoms with Crippen LogP contribution in [-0.2, 0) is 4.79 Å². The van der Waals surface area contributed by atoms with E-state index >= 15 is 0 Å². The molecule has 4 rings (SSSR count). The number of carbonyl (C=O) groups excluding carboxylic acids is 2. The van der Waals surface area contributed by atoms with Gasteiger partial charge >= 0.3 is 0 Å². The molecule has 0 unspecified atom stereocenters. The van der Waals surface area contributed by atoms with E-state index in [4.69, 9.17) is 0 Å². The van der Waals surface area contributed by atoms with Crippen LogP contribution >= 0.6 is 27.7 Å². The summed E-state index contributed by atoms with van der Waals surface area (Å²) in [5.74, 6) is 0.116. The Morgan fingerprint density at radius 3 is 2.48 bits per heavy atom. The number of rotatable bonds is 7. The van der Waals surface area contributed by atoms with Crippen LogP contribution in [0.3, 0.4) is 0 Å². The number of anilines is 1. The van der Waals surface area contributed by atoms with Crippen LogP contribution in [-0.4, -0.2) is 16.8 Å². The van der Waals surface area contributed by atoms with E-state index < -0.39 is 0 Å². The van der Waals surface area contributed by atoms with Crippen LogP contribution in [0.5, 0.6) is 0 Å². The van der Waals surface area contributed by atoms with Crippen molar-refractivity contribution in [2.45, 2.75) is 35.7 Å². The molecule has 2 aromatic carbocycles. The van der Waals surface area contributed by atoms with E-state index in [1.54, 1.807) is 6.20 Å². The van der Waals surface area contributed by atoms with Gasteiger partial charge in [0.25, 0.3) is 5.91 Å². The Kier molecular flexibility index (Phi) is 6.73. The maximum Gasteiger partial charge on any atom is 0.252 e. The Balaban J connectivity index is 1.41. The summed E-state index contributed by atoms with van der Waals surface area (Å²) >= 11 is 4.84. The van der Waals surface area contributed by atoms with Gasteiger partial charge in [-0.05, 0) is 77.7 Å². The van der Waals surface area contributed by atoms with Crippen LogP contribution in [0.4, 0.5) is 5.69 Å². The van der Waals surface area contributed by atoms with Gasteiger partial charge in [0.2, 0.25) is 5.91 Å². The molecule has 1 fully saturated rings. The zero-order valence-electron chi connectivity index (χ0n) is 17.0. The lowest BCUT2D eigenvalue weighted by Crippen LogP contribution is -2.27. The molecule has 31 heavy (non-hydrogen) atoms. The van der Waals surface area contributed by atoms with Crippen molar-refractivity contribution in [1.82, 2.24) is 10.3 Å². The van der Waals surface area contributed by atoms with Gasteiger partial charge in [-0.2, -0.15) is 0 Å². The molecule has 1 aliphatic rings. The molecule has 0 spiro atoms. The summed E-state index contributed by atoms with van der Waals surface area (Å²) in [4.78, 5) is 30.1. The second-order valence-electron chi connectivity index (χ2n) is 7.49. The molecule has 0 radical (unpaired) electrons. The smallest absolute Gasteiger partial charge is 0.252 e. The predicted octanol–water partition coefficient (Wildman–Crippen LogP) is 5.83. The van der Waals surface area contributed by atoms with E-state index in [0.717, 1.165) is 38.5 Å². The summed E-state index contributed by atoms with van der Waals surface area (Å²) < 4.78 is 0.912. The molecule has 0 aliphatic heterocycles. The van der Waals surface area contributed by atoms with E-state index in [-0.39, 0.29) is 23.8 Å². The Morgan fingerprint density at radius 2 is 1.81 bits per heavy atom. The highest BCUT2D eigenvalue weighted by Gasteiger charge is 2.29. The van der Waals surface area contributed by atoms with Crippen molar-refractivity contribution in [3.8, 4) is 0 Å². The molecule has 1 heterocycles. The summed E-state index contributed by atoms with van der Waals surface area (Å²) in [6, 6.07) is 18.8. The van der Waals surface area contributed by atoms with E-state index in [1.165, 1.54) is 11.8 Å². The number of amides is 2. The maximum atomic E-state index is 13.0. The minimum atomic E-state index is -0.176. The van der Waals surface area contributed by atoms with Gasteiger partial charge in [0.1, 0.15) is 5.03 Å².